The van der Waals surface area contributed by atoms with Gasteiger partial charge in [-0.15, -0.1) is 0 Å². The third kappa shape index (κ3) is 5.48. The Hall–Kier alpha value is -1.88. The lowest BCUT2D eigenvalue weighted by Gasteiger charge is -2.09. The fraction of sp³-hybridized carbons (Fsp3) is 0.294. The minimum atomic E-state index is -0.0716. The first kappa shape index (κ1) is 16.5. The first-order valence-electron chi connectivity index (χ1n) is 7.27. The highest BCUT2D eigenvalue weighted by molar-refractivity contribution is 9.10. The maximum atomic E-state index is 12.0. The van der Waals surface area contributed by atoms with Gasteiger partial charge in [0.15, 0.2) is 0 Å². The van der Waals surface area contributed by atoms with E-state index in [1.54, 1.807) is 6.20 Å². The van der Waals surface area contributed by atoms with Crippen molar-refractivity contribution < 1.29 is 4.79 Å². The first-order valence-corrected chi connectivity index (χ1v) is 8.06. The summed E-state index contributed by atoms with van der Waals surface area (Å²) in [6, 6.07) is 11.4. The molecule has 2 rings (SSSR count). The second-order valence-corrected chi connectivity index (χ2v) is 6.47. The predicted molar refractivity (Wildman–Crippen MR) is 94.0 cm³/mol. The van der Waals surface area contributed by atoms with Crippen LogP contribution in [0.3, 0.4) is 0 Å². The van der Waals surface area contributed by atoms with E-state index >= 15 is 0 Å². The summed E-state index contributed by atoms with van der Waals surface area (Å²) < 4.78 is 1.00. The summed E-state index contributed by atoms with van der Waals surface area (Å²) in [5.41, 5.74) is 1.93. The Labute approximate surface area is 139 Å². The van der Waals surface area contributed by atoms with Gasteiger partial charge in [-0.1, -0.05) is 41.9 Å². The van der Waals surface area contributed by atoms with E-state index in [9.17, 15) is 4.79 Å². The molecule has 22 heavy (non-hydrogen) atoms. The summed E-state index contributed by atoms with van der Waals surface area (Å²) in [6.07, 6.45) is 2.07. The second kappa shape index (κ2) is 7.94. The number of nitrogens with zero attached hydrogens (tertiary/aromatic N) is 1. The molecule has 0 aliphatic carbocycles. The highest BCUT2D eigenvalue weighted by Gasteiger charge is 2.05. The fourth-order valence-corrected chi connectivity index (χ4v) is 2.13. The molecule has 0 aliphatic rings. The lowest BCUT2D eigenvalue weighted by atomic mass is 10.1. The molecular weight excluding hydrogens is 342 g/mol. The van der Waals surface area contributed by atoms with Gasteiger partial charge in [-0.2, -0.15) is 0 Å². The summed E-state index contributed by atoms with van der Waals surface area (Å²) >= 11 is 3.38. The van der Waals surface area contributed by atoms with E-state index < -0.39 is 0 Å². The lowest BCUT2D eigenvalue weighted by molar-refractivity contribution is -0.115. The van der Waals surface area contributed by atoms with E-state index in [4.69, 9.17) is 0 Å². The van der Waals surface area contributed by atoms with Gasteiger partial charge < -0.3 is 10.6 Å². The quantitative estimate of drug-likeness (QED) is 0.814. The van der Waals surface area contributed by atoms with Crippen molar-refractivity contribution in [2.45, 2.75) is 20.3 Å². The molecule has 1 heterocycles. The minimum Gasteiger partial charge on any atom is -0.384 e. The molecule has 0 saturated carbocycles. The fourth-order valence-electron chi connectivity index (χ4n) is 1.87. The van der Waals surface area contributed by atoms with Crippen molar-refractivity contribution in [2.75, 3.05) is 17.2 Å². The Morgan fingerprint density at radius 2 is 1.91 bits per heavy atom. The number of anilines is 2. The Balaban J connectivity index is 1.87. The van der Waals surface area contributed by atoms with Crippen molar-refractivity contribution in [1.82, 2.24) is 4.98 Å². The van der Waals surface area contributed by atoms with Crippen molar-refractivity contribution in [3.05, 3.63) is 52.6 Å². The Morgan fingerprint density at radius 1 is 1.18 bits per heavy atom. The molecule has 1 aromatic carbocycles. The van der Waals surface area contributed by atoms with Crippen LogP contribution in [0.2, 0.25) is 0 Å². The number of aromatic nitrogens is 1. The topological polar surface area (TPSA) is 54.0 Å². The van der Waals surface area contributed by atoms with Crippen LogP contribution in [0.4, 0.5) is 11.5 Å². The SMILES string of the molecule is CC(C)CNc1ccc(NC(=O)Cc2ccc(Br)cc2)nc1. The summed E-state index contributed by atoms with van der Waals surface area (Å²) in [4.78, 5) is 16.2. The van der Waals surface area contributed by atoms with Gasteiger partial charge in [0.25, 0.3) is 0 Å². The number of hydrogen-bond donors (Lipinski definition) is 2. The van der Waals surface area contributed by atoms with Crippen LogP contribution in [0.1, 0.15) is 19.4 Å². The molecule has 0 radical (unpaired) electrons. The molecule has 116 valence electrons. The van der Waals surface area contributed by atoms with Crippen LogP contribution in [0.15, 0.2) is 47.1 Å². The molecule has 2 N–H and O–H groups in total. The van der Waals surface area contributed by atoms with Gasteiger partial charge in [-0.05, 0) is 35.7 Å². The van der Waals surface area contributed by atoms with Crippen LogP contribution in [0, 0.1) is 5.92 Å². The highest BCUT2D eigenvalue weighted by Crippen LogP contribution is 2.13. The van der Waals surface area contributed by atoms with Gasteiger partial charge in [0.05, 0.1) is 18.3 Å². The van der Waals surface area contributed by atoms with Gasteiger partial charge in [-0.25, -0.2) is 4.98 Å². The van der Waals surface area contributed by atoms with E-state index in [1.807, 2.05) is 36.4 Å². The molecular formula is C17H20BrN3O. The third-order valence-electron chi connectivity index (χ3n) is 3.02. The van der Waals surface area contributed by atoms with Gasteiger partial charge in [-0.3, -0.25) is 4.79 Å². The van der Waals surface area contributed by atoms with Crippen molar-refractivity contribution in [3.63, 3.8) is 0 Å². The van der Waals surface area contributed by atoms with Crippen molar-refractivity contribution >= 4 is 33.3 Å². The molecule has 0 fully saturated rings. The van der Waals surface area contributed by atoms with Gasteiger partial charge in [0.1, 0.15) is 5.82 Å². The van der Waals surface area contributed by atoms with Crippen LogP contribution in [-0.4, -0.2) is 17.4 Å². The number of pyridine rings is 1. The predicted octanol–water partition coefficient (Wildman–Crippen LogP) is 4.09. The molecule has 0 atom stereocenters. The Morgan fingerprint density at radius 3 is 2.50 bits per heavy atom. The van der Waals surface area contributed by atoms with E-state index in [0.29, 0.717) is 18.2 Å². The number of hydrogen-bond acceptors (Lipinski definition) is 3. The van der Waals surface area contributed by atoms with Crippen LogP contribution in [0.5, 0.6) is 0 Å². The van der Waals surface area contributed by atoms with Crippen molar-refractivity contribution in [2.24, 2.45) is 5.92 Å². The number of halogens is 1. The van der Waals surface area contributed by atoms with Crippen LogP contribution >= 0.6 is 15.9 Å². The molecule has 0 bridgehead atoms. The number of rotatable bonds is 6. The normalized spacial score (nSPS) is 10.5. The summed E-state index contributed by atoms with van der Waals surface area (Å²) in [5, 5.41) is 6.10. The van der Waals surface area contributed by atoms with Gasteiger partial charge >= 0.3 is 0 Å². The number of benzene rings is 1. The van der Waals surface area contributed by atoms with E-state index in [2.05, 4.69) is 45.4 Å². The van der Waals surface area contributed by atoms with Crippen LogP contribution in [-0.2, 0) is 11.2 Å². The summed E-state index contributed by atoms with van der Waals surface area (Å²) in [7, 11) is 0. The van der Waals surface area contributed by atoms with E-state index in [1.165, 1.54) is 0 Å². The zero-order valence-corrected chi connectivity index (χ0v) is 14.4. The number of carbonyl (C=O) groups excluding carboxylic acids is 1. The Bertz CT molecular complexity index is 609. The summed E-state index contributed by atoms with van der Waals surface area (Å²) in [5.74, 6) is 1.07. The molecule has 0 spiro atoms. The lowest BCUT2D eigenvalue weighted by Crippen LogP contribution is -2.15. The monoisotopic (exact) mass is 361 g/mol. The number of nitrogens with one attached hydrogen (secondary N) is 2. The third-order valence-corrected chi connectivity index (χ3v) is 3.55. The van der Waals surface area contributed by atoms with E-state index in [0.717, 1.165) is 22.3 Å². The van der Waals surface area contributed by atoms with Gasteiger partial charge in [0, 0.05) is 11.0 Å². The first-order chi connectivity index (χ1) is 10.5. The highest BCUT2D eigenvalue weighted by atomic mass is 79.9. The largest absolute Gasteiger partial charge is 0.384 e. The molecule has 5 heteroatoms. The molecule has 2 aromatic rings. The molecule has 1 amide bonds. The van der Waals surface area contributed by atoms with Crippen molar-refractivity contribution in [3.8, 4) is 0 Å². The van der Waals surface area contributed by atoms with Crippen molar-refractivity contribution in [1.29, 1.82) is 0 Å². The van der Waals surface area contributed by atoms with Crippen LogP contribution in [0.25, 0.3) is 0 Å². The molecule has 0 unspecified atom stereocenters. The molecule has 1 aromatic heterocycles. The standard InChI is InChI=1S/C17H20BrN3O/c1-12(2)10-19-15-7-8-16(20-11-15)21-17(22)9-13-3-5-14(18)6-4-13/h3-8,11-12,19H,9-10H2,1-2H3,(H,20,21,22). The Kier molecular flexibility index (Phi) is 5.95. The zero-order chi connectivity index (χ0) is 15.9. The number of amides is 1. The van der Waals surface area contributed by atoms with Gasteiger partial charge in [0.2, 0.25) is 5.91 Å². The average Bonchev–Trinajstić information content (AvgIpc) is 2.49. The maximum Gasteiger partial charge on any atom is 0.229 e. The summed E-state index contributed by atoms with van der Waals surface area (Å²) in [6.45, 7) is 5.20. The zero-order valence-electron chi connectivity index (χ0n) is 12.8. The number of carbonyl (C=O) groups is 1. The average molecular weight is 362 g/mol. The molecule has 0 aliphatic heterocycles. The molecule has 4 nitrogen and oxygen atoms in total. The smallest absolute Gasteiger partial charge is 0.229 e. The second-order valence-electron chi connectivity index (χ2n) is 5.56. The maximum absolute atomic E-state index is 12.0. The minimum absolute atomic E-state index is 0.0716. The van der Waals surface area contributed by atoms with Crippen LogP contribution < -0.4 is 10.6 Å². The molecule has 0 saturated heterocycles. The van der Waals surface area contributed by atoms with E-state index in [-0.39, 0.29) is 5.91 Å².